The van der Waals surface area contributed by atoms with Crippen LogP contribution in [0.4, 0.5) is 5.69 Å². The van der Waals surface area contributed by atoms with Crippen LogP contribution in [0.1, 0.15) is 22.5 Å². The van der Waals surface area contributed by atoms with Gasteiger partial charge in [-0.3, -0.25) is 4.79 Å². The number of amides is 1. The summed E-state index contributed by atoms with van der Waals surface area (Å²) in [5.74, 6) is -0.419. The predicted molar refractivity (Wildman–Crippen MR) is 139 cm³/mol. The van der Waals surface area contributed by atoms with Gasteiger partial charge in [-0.2, -0.15) is 5.26 Å². The Labute approximate surface area is 201 Å². The van der Waals surface area contributed by atoms with Crippen molar-refractivity contribution in [2.45, 2.75) is 20.8 Å². The monoisotopic (exact) mass is 531 g/mol. The number of aryl methyl sites for hydroxylation is 2. The number of halogens is 1. The van der Waals surface area contributed by atoms with Crippen LogP contribution in [0.3, 0.4) is 0 Å². The quantitative estimate of drug-likeness (QED) is 0.181. The van der Waals surface area contributed by atoms with E-state index in [1.807, 2.05) is 62.4 Å². The lowest BCUT2D eigenvalue weighted by atomic mass is 10.1. The average Bonchev–Trinajstić information content (AvgIpc) is 3.06. The van der Waals surface area contributed by atoms with Crippen molar-refractivity contribution in [2.24, 2.45) is 0 Å². The van der Waals surface area contributed by atoms with Crippen molar-refractivity contribution in [2.75, 3.05) is 5.32 Å². The minimum atomic E-state index is -0.419. The standard InChI is InChI=1S/C27H22IN3O/c1-17-12-25(10-11-26(17)28)31-18(2)13-22(19(31)3)14-23(16-29)27(32)30-24-9-8-20-6-4-5-7-21(20)15-24/h4-15H,1-3H3,(H,30,32). The van der Waals surface area contributed by atoms with Crippen LogP contribution in [0.15, 0.2) is 72.3 Å². The number of carbonyl (C=O) groups is 1. The van der Waals surface area contributed by atoms with Gasteiger partial charge in [-0.25, -0.2) is 0 Å². The van der Waals surface area contributed by atoms with E-state index in [1.54, 1.807) is 6.08 Å². The van der Waals surface area contributed by atoms with E-state index >= 15 is 0 Å². The Morgan fingerprint density at radius 2 is 1.75 bits per heavy atom. The van der Waals surface area contributed by atoms with Crippen LogP contribution < -0.4 is 5.32 Å². The minimum Gasteiger partial charge on any atom is -0.321 e. The average molecular weight is 531 g/mol. The van der Waals surface area contributed by atoms with Crippen LogP contribution in [0.2, 0.25) is 0 Å². The van der Waals surface area contributed by atoms with Gasteiger partial charge in [0, 0.05) is 26.3 Å². The third-order valence-electron chi connectivity index (χ3n) is 5.54. The fourth-order valence-corrected chi connectivity index (χ4v) is 4.20. The molecule has 4 aromatic rings. The zero-order chi connectivity index (χ0) is 22.8. The number of anilines is 1. The molecule has 0 fully saturated rings. The van der Waals surface area contributed by atoms with Gasteiger partial charge in [-0.1, -0.05) is 30.3 Å². The van der Waals surface area contributed by atoms with E-state index in [0.717, 1.165) is 33.4 Å². The third-order valence-corrected chi connectivity index (χ3v) is 6.75. The highest BCUT2D eigenvalue weighted by molar-refractivity contribution is 14.1. The Kier molecular flexibility index (Phi) is 6.15. The Morgan fingerprint density at radius 3 is 2.47 bits per heavy atom. The Hall–Kier alpha value is -3.37. The van der Waals surface area contributed by atoms with E-state index in [2.05, 4.69) is 63.7 Å². The first-order valence-corrected chi connectivity index (χ1v) is 11.3. The van der Waals surface area contributed by atoms with Gasteiger partial charge in [-0.05, 0) is 108 Å². The summed E-state index contributed by atoms with van der Waals surface area (Å²) in [4.78, 5) is 12.8. The highest BCUT2D eigenvalue weighted by Crippen LogP contribution is 2.25. The van der Waals surface area contributed by atoms with Crippen molar-refractivity contribution in [3.05, 3.63) is 98.4 Å². The van der Waals surface area contributed by atoms with Crippen molar-refractivity contribution >= 4 is 51.0 Å². The topological polar surface area (TPSA) is 57.8 Å². The van der Waals surface area contributed by atoms with Gasteiger partial charge in [-0.15, -0.1) is 0 Å². The normalized spacial score (nSPS) is 11.4. The molecule has 4 nitrogen and oxygen atoms in total. The number of hydrogen-bond acceptors (Lipinski definition) is 2. The molecule has 1 N–H and O–H groups in total. The molecule has 32 heavy (non-hydrogen) atoms. The lowest BCUT2D eigenvalue weighted by Crippen LogP contribution is -2.13. The molecule has 1 aromatic heterocycles. The number of nitrogens with one attached hydrogen (secondary N) is 1. The van der Waals surface area contributed by atoms with Crippen molar-refractivity contribution in [1.82, 2.24) is 4.57 Å². The molecule has 0 atom stereocenters. The molecular weight excluding hydrogens is 509 g/mol. The largest absolute Gasteiger partial charge is 0.321 e. The van der Waals surface area contributed by atoms with Gasteiger partial charge < -0.3 is 9.88 Å². The summed E-state index contributed by atoms with van der Waals surface area (Å²) < 4.78 is 3.36. The fraction of sp³-hybridized carbons (Fsp3) is 0.111. The maximum Gasteiger partial charge on any atom is 0.266 e. The van der Waals surface area contributed by atoms with Crippen LogP contribution in [0, 0.1) is 35.7 Å². The van der Waals surface area contributed by atoms with Gasteiger partial charge in [0.25, 0.3) is 5.91 Å². The van der Waals surface area contributed by atoms with Gasteiger partial charge in [0.15, 0.2) is 0 Å². The zero-order valence-electron chi connectivity index (χ0n) is 18.1. The van der Waals surface area contributed by atoms with E-state index in [4.69, 9.17) is 0 Å². The summed E-state index contributed by atoms with van der Waals surface area (Å²) in [6.45, 7) is 6.12. The molecule has 5 heteroatoms. The molecular formula is C27H22IN3O. The number of rotatable bonds is 4. The molecule has 0 aliphatic carbocycles. The maximum atomic E-state index is 12.8. The van der Waals surface area contributed by atoms with Crippen LogP contribution >= 0.6 is 22.6 Å². The van der Waals surface area contributed by atoms with Gasteiger partial charge in [0.1, 0.15) is 11.6 Å². The summed E-state index contributed by atoms with van der Waals surface area (Å²) in [6.07, 6.45) is 1.66. The van der Waals surface area contributed by atoms with Crippen LogP contribution in [0.25, 0.3) is 22.5 Å². The Morgan fingerprint density at radius 1 is 1.00 bits per heavy atom. The number of nitriles is 1. The van der Waals surface area contributed by atoms with Crippen LogP contribution in [-0.4, -0.2) is 10.5 Å². The summed E-state index contributed by atoms with van der Waals surface area (Å²) in [5, 5.41) is 14.7. The highest BCUT2D eigenvalue weighted by atomic mass is 127. The molecule has 0 bridgehead atoms. The number of benzene rings is 3. The highest BCUT2D eigenvalue weighted by Gasteiger charge is 2.14. The minimum absolute atomic E-state index is 0.0669. The molecule has 4 rings (SSSR count). The summed E-state index contributed by atoms with van der Waals surface area (Å²) in [7, 11) is 0. The Bertz CT molecular complexity index is 1420. The van der Waals surface area contributed by atoms with Gasteiger partial charge in [0.2, 0.25) is 0 Å². The molecule has 1 heterocycles. The SMILES string of the molecule is Cc1cc(-n2c(C)cc(C=C(C#N)C(=O)Nc3ccc4ccccc4c3)c2C)ccc1I. The summed E-state index contributed by atoms with van der Waals surface area (Å²) in [5.41, 5.74) is 5.88. The van der Waals surface area contributed by atoms with Crippen LogP contribution in [-0.2, 0) is 4.79 Å². The number of nitrogens with zero attached hydrogens (tertiary/aromatic N) is 2. The van der Waals surface area contributed by atoms with Gasteiger partial charge in [0.05, 0.1) is 0 Å². The second-order valence-corrected chi connectivity index (χ2v) is 8.94. The first kappa shape index (κ1) is 21.8. The number of hydrogen-bond donors (Lipinski definition) is 1. The number of fused-ring (bicyclic) bond motifs is 1. The summed E-state index contributed by atoms with van der Waals surface area (Å²) >= 11 is 2.33. The van der Waals surface area contributed by atoms with Gasteiger partial charge >= 0.3 is 0 Å². The molecule has 0 radical (unpaired) electrons. The first-order valence-electron chi connectivity index (χ1n) is 10.2. The smallest absolute Gasteiger partial charge is 0.266 e. The lowest BCUT2D eigenvalue weighted by Gasteiger charge is -2.11. The third kappa shape index (κ3) is 4.32. The van der Waals surface area contributed by atoms with Crippen molar-refractivity contribution in [3.8, 4) is 11.8 Å². The molecule has 0 spiro atoms. The molecule has 0 saturated heterocycles. The fourth-order valence-electron chi connectivity index (χ4n) is 3.87. The molecule has 0 aliphatic heterocycles. The van der Waals surface area contributed by atoms with E-state index in [9.17, 15) is 10.1 Å². The summed E-state index contributed by atoms with van der Waals surface area (Å²) in [6, 6.07) is 24.0. The van der Waals surface area contributed by atoms with Crippen LogP contribution in [0.5, 0.6) is 0 Å². The number of carbonyl (C=O) groups excluding carboxylic acids is 1. The molecule has 0 unspecified atom stereocenters. The predicted octanol–water partition coefficient (Wildman–Crippen LogP) is 6.71. The van der Waals surface area contributed by atoms with E-state index in [0.29, 0.717) is 5.69 Å². The van der Waals surface area contributed by atoms with E-state index in [-0.39, 0.29) is 5.57 Å². The second kappa shape index (κ2) is 9.01. The molecule has 0 saturated carbocycles. The second-order valence-electron chi connectivity index (χ2n) is 7.78. The molecule has 3 aromatic carbocycles. The van der Waals surface area contributed by atoms with E-state index < -0.39 is 5.91 Å². The maximum absolute atomic E-state index is 12.8. The van der Waals surface area contributed by atoms with Crippen molar-refractivity contribution < 1.29 is 4.79 Å². The Balaban J connectivity index is 1.64. The number of aromatic nitrogens is 1. The van der Waals surface area contributed by atoms with E-state index in [1.165, 1.54) is 9.13 Å². The molecule has 0 aliphatic rings. The zero-order valence-corrected chi connectivity index (χ0v) is 20.3. The lowest BCUT2D eigenvalue weighted by molar-refractivity contribution is -0.112. The van der Waals surface area contributed by atoms with Crippen molar-refractivity contribution in [1.29, 1.82) is 5.26 Å². The molecule has 158 valence electrons. The molecule has 1 amide bonds. The van der Waals surface area contributed by atoms with Crippen molar-refractivity contribution in [3.63, 3.8) is 0 Å². The first-order chi connectivity index (χ1) is 15.4.